The van der Waals surface area contributed by atoms with Crippen molar-refractivity contribution in [3.8, 4) is 0 Å². The molecular formula is C12H15N3O. The van der Waals surface area contributed by atoms with Crippen LogP contribution >= 0.6 is 0 Å². The Hall–Kier alpha value is -1.68. The van der Waals surface area contributed by atoms with Crippen molar-refractivity contribution in [1.29, 1.82) is 0 Å². The Bertz CT molecular complexity index is 479. The Morgan fingerprint density at radius 3 is 2.81 bits per heavy atom. The number of aliphatic hydroxyl groups is 1. The van der Waals surface area contributed by atoms with Crippen LogP contribution in [0, 0.1) is 6.92 Å². The van der Waals surface area contributed by atoms with Gasteiger partial charge in [-0.2, -0.15) is 5.10 Å². The summed E-state index contributed by atoms with van der Waals surface area (Å²) in [7, 11) is 1.87. The van der Waals surface area contributed by atoms with Crippen LogP contribution in [0.5, 0.6) is 0 Å². The zero-order valence-corrected chi connectivity index (χ0v) is 9.46. The Kier molecular flexibility index (Phi) is 3.01. The van der Waals surface area contributed by atoms with Crippen LogP contribution in [0.15, 0.2) is 30.9 Å². The number of aryl methyl sites for hydroxylation is 2. The molecule has 0 aliphatic rings. The first-order valence-corrected chi connectivity index (χ1v) is 5.22. The lowest BCUT2D eigenvalue weighted by Crippen LogP contribution is -2.02. The zero-order valence-electron chi connectivity index (χ0n) is 9.46. The summed E-state index contributed by atoms with van der Waals surface area (Å²) in [5.41, 5.74) is 2.93. The van der Waals surface area contributed by atoms with Gasteiger partial charge in [-0.15, -0.1) is 0 Å². The molecule has 4 heteroatoms. The van der Waals surface area contributed by atoms with E-state index in [1.165, 1.54) is 0 Å². The number of aromatic nitrogens is 3. The van der Waals surface area contributed by atoms with Gasteiger partial charge in [0, 0.05) is 32.1 Å². The maximum Gasteiger partial charge on any atom is 0.0846 e. The van der Waals surface area contributed by atoms with Gasteiger partial charge in [0.1, 0.15) is 0 Å². The van der Waals surface area contributed by atoms with Crippen LogP contribution in [0.4, 0.5) is 0 Å². The van der Waals surface area contributed by atoms with Gasteiger partial charge in [-0.3, -0.25) is 9.67 Å². The molecule has 1 unspecified atom stereocenters. The molecule has 0 aromatic carbocycles. The summed E-state index contributed by atoms with van der Waals surface area (Å²) < 4.78 is 1.73. The van der Waals surface area contributed by atoms with E-state index in [4.69, 9.17) is 0 Å². The molecule has 2 heterocycles. The van der Waals surface area contributed by atoms with Gasteiger partial charge in [0.05, 0.1) is 12.3 Å². The molecule has 1 atom stereocenters. The van der Waals surface area contributed by atoms with Gasteiger partial charge in [-0.1, -0.05) is 6.07 Å². The van der Waals surface area contributed by atoms with Crippen molar-refractivity contribution >= 4 is 0 Å². The third-order valence-electron chi connectivity index (χ3n) is 2.47. The fourth-order valence-corrected chi connectivity index (χ4v) is 1.68. The molecule has 0 fully saturated rings. The summed E-state index contributed by atoms with van der Waals surface area (Å²) in [4.78, 5) is 4.07. The van der Waals surface area contributed by atoms with E-state index in [-0.39, 0.29) is 0 Å². The van der Waals surface area contributed by atoms with E-state index in [0.29, 0.717) is 6.42 Å². The third-order valence-corrected chi connectivity index (χ3v) is 2.47. The first-order valence-electron chi connectivity index (χ1n) is 5.22. The van der Waals surface area contributed by atoms with E-state index in [1.54, 1.807) is 23.3 Å². The molecule has 0 amide bonds. The second-order valence-electron chi connectivity index (χ2n) is 4.04. The highest BCUT2D eigenvalue weighted by atomic mass is 16.3. The van der Waals surface area contributed by atoms with E-state index in [0.717, 1.165) is 16.7 Å². The first-order chi connectivity index (χ1) is 7.65. The number of hydrogen-bond donors (Lipinski definition) is 1. The summed E-state index contributed by atoms with van der Waals surface area (Å²) in [6, 6.07) is 1.95. The van der Waals surface area contributed by atoms with Crippen molar-refractivity contribution < 1.29 is 5.11 Å². The number of hydrogen-bond acceptors (Lipinski definition) is 3. The minimum atomic E-state index is -0.517. The highest BCUT2D eigenvalue weighted by Crippen LogP contribution is 2.17. The Morgan fingerprint density at radius 1 is 1.38 bits per heavy atom. The SMILES string of the molecule is Cc1cncc(C(O)Cc2cnn(C)c2)c1. The van der Waals surface area contributed by atoms with Crippen LogP contribution in [0.25, 0.3) is 0 Å². The first kappa shape index (κ1) is 10.8. The summed E-state index contributed by atoms with van der Waals surface area (Å²) in [6.07, 6.45) is 7.21. The number of pyridine rings is 1. The number of nitrogens with zero attached hydrogens (tertiary/aromatic N) is 3. The molecular weight excluding hydrogens is 202 g/mol. The highest BCUT2D eigenvalue weighted by Gasteiger charge is 2.10. The predicted octanol–water partition coefficient (Wildman–Crippen LogP) is 1.40. The molecule has 84 valence electrons. The minimum Gasteiger partial charge on any atom is -0.388 e. The molecule has 2 rings (SSSR count). The second-order valence-corrected chi connectivity index (χ2v) is 4.04. The van der Waals surface area contributed by atoms with Gasteiger partial charge in [0.25, 0.3) is 0 Å². The average Bonchev–Trinajstić information content (AvgIpc) is 2.64. The molecule has 0 spiro atoms. The molecule has 0 aliphatic heterocycles. The van der Waals surface area contributed by atoms with Gasteiger partial charge in [0.15, 0.2) is 0 Å². The smallest absolute Gasteiger partial charge is 0.0846 e. The van der Waals surface area contributed by atoms with Gasteiger partial charge in [0.2, 0.25) is 0 Å². The van der Waals surface area contributed by atoms with E-state index in [1.807, 2.05) is 26.2 Å². The van der Waals surface area contributed by atoms with Crippen molar-refractivity contribution in [2.75, 3.05) is 0 Å². The van der Waals surface area contributed by atoms with E-state index >= 15 is 0 Å². The lowest BCUT2D eigenvalue weighted by molar-refractivity contribution is 0.178. The standard InChI is InChI=1S/C12H15N3O/c1-9-3-11(7-13-5-9)12(16)4-10-6-14-15(2)8-10/h3,5-8,12,16H,4H2,1-2H3. The topological polar surface area (TPSA) is 50.9 Å². The summed E-state index contributed by atoms with van der Waals surface area (Å²) in [5, 5.41) is 14.1. The van der Waals surface area contributed by atoms with Crippen molar-refractivity contribution in [1.82, 2.24) is 14.8 Å². The van der Waals surface area contributed by atoms with Gasteiger partial charge in [-0.25, -0.2) is 0 Å². The van der Waals surface area contributed by atoms with E-state index in [9.17, 15) is 5.11 Å². The van der Waals surface area contributed by atoms with Crippen molar-refractivity contribution in [2.24, 2.45) is 7.05 Å². The van der Waals surface area contributed by atoms with Gasteiger partial charge in [-0.05, 0) is 23.6 Å². The molecule has 0 saturated heterocycles. The lowest BCUT2D eigenvalue weighted by atomic mass is 10.0. The molecule has 2 aromatic heterocycles. The third kappa shape index (κ3) is 2.46. The maximum absolute atomic E-state index is 10.0. The van der Waals surface area contributed by atoms with Gasteiger partial charge >= 0.3 is 0 Å². The van der Waals surface area contributed by atoms with Crippen molar-refractivity contribution in [3.63, 3.8) is 0 Å². The Morgan fingerprint density at radius 2 is 2.19 bits per heavy atom. The fraction of sp³-hybridized carbons (Fsp3) is 0.333. The molecule has 0 aliphatic carbocycles. The van der Waals surface area contributed by atoms with Crippen molar-refractivity contribution in [3.05, 3.63) is 47.5 Å². The zero-order chi connectivity index (χ0) is 11.5. The fourth-order valence-electron chi connectivity index (χ4n) is 1.68. The van der Waals surface area contributed by atoms with Crippen LogP contribution in [-0.4, -0.2) is 19.9 Å². The molecule has 2 aromatic rings. The van der Waals surface area contributed by atoms with E-state index in [2.05, 4.69) is 10.1 Å². The lowest BCUT2D eigenvalue weighted by Gasteiger charge is -2.09. The largest absolute Gasteiger partial charge is 0.388 e. The normalized spacial score (nSPS) is 12.7. The molecule has 0 radical (unpaired) electrons. The highest BCUT2D eigenvalue weighted by molar-refractivity contribution is 5.21. The average molecular weight is 217 g/mol. The van der Waals surface area contributed by atoms with E-state index < -0.39 is 6.10 Å². The monoisotopic (exact) mass is 217 g/mol. The quantitative estimate of drug-likeness (QED) is 0.845. The molecule has 0 saturated carbocycles. The van der Waals surface area contributed by atoms with Crippen LogP contribution in [-0.2, 0) is 13.5 Å². The second kappa shape index (κ2) is 4.45. The minimum absolute atomic E-state index is 0.517. The Labute approximate surface area is 94.6 Å². The van der Waals surface area contributed by atoms with Crippen LogP contribution in [0.2, 0.25) is 0 Å². The summed E-state index contributed by atoms with van der Waals surface area (Å²) in [5.74, 6) is 0. The molecule has 0 bridgehead atoms. The van der Waals surface area contributed by atoms with Gasteiger partial charge < -0.3 is 5.11 Å². The predicted molar refractivity (Wildman–Crippen MR) is 60.8 cm³/mol. The number of aliphatic hydroxyl groups excluding tert-OH is 1. The Balaban J connectivity index is 2.11. The van der Waals surface area contributed by atoms with Crippen LogP contribution in [0.3, 0.4) is 0 Å². The maximum atomic E-state index is 10.0. The van der Waals surface area contributed by atoms with Crippen molar-refractivity contribution in [2.45, 2.75) is 19.4 Å². The molecule has 1 N–H and O–H groups in total. The number of rotatable bonds is 3. The molecule has 16 heavy (non-hydrogen) atoms. The van der Waals surface area contributed by atoms with Crippen LogP contribution in [0.1, 0.15) is 22.8 Å². The summed E-state index contributed by atoms with van der Waals surface area (Å²) in [6.45, 7) is 1.97. The van der Waals surface area contributed by atoms with Crippen LogP contribution < -0.4 is 0 Å². The summed E-state index contributed by atoms with van der Waals surface area (Å²) >= 11 is 0. The molecule has 4 nitrogen and oxygen atoms in total.